The number of carbonyl (C=O) groups is 2. The Kier molecular flexibility index (Phi) is 7.11. The Balaban J connectivity index is 1.49. The van der Waals surface area contributed by atoms with Crippen LogP contribution in [0.2, 0.25) is 0 Å². The van der Waals surface area contributed by atoms with E-state index in [0.29, 0.717) is 39.7 Å². The third kappa shape index (κ3) is 5.33. The summed E-state index contributed by atoms with van der Waals surface area (Å²) in [5.41, 5.74) is 1.95. The van der Waals surface area contributed by atoms with Crippen molar-refractivity contribution in [3.8, 4) is 23.0 Å². The van der Waals surface area contributed by atoms with Crippen LogP contribution in [0.15, 0.2) is 77.4 Å². The molecule has 1 aliphatic heterocycles. The maximum atomic E-state index is 12.4. The zero-order chi connectivity index (χ0) is 24.8. The van der Waals surface area contributed by atoms with Gasteiger partial charge in [0.25, 0.3) is 0 Å². The second-order valence-corrected chi connectivity index (χ2v) is 7.40. The Labute approximate surface area is 202 Å². The lowest BCUT2D eigenvalue weighted by Gasteiger charge is -2.13. The van der Waals surface area contributed by atoms with Crippen LogP contribution >= 0.6 is 0 Å². The second kappa shape index (κ2) is 10.6. The van der Waals surface area contributed by atoms with Gasteiger partial charge >= 0.3 is 5.97 Å². The van der Waals surface area contributed by atoms with Gasteiger partial charge in [0.15, 0.2) is 29.6 Å². The number of Topliss-reactive ketones (excluding diaryl/α,β-unsaturated/α-hetero) is 1. The molecule has 3 aromatic carbocycles. The molecule has 0 bridgehead atoms. The number of nitrogens with zero attached hydrogens (tertiary/aromatic N) is 1. The third-order valence-corrected chi connectivity index (χ3v) is 5.18. The first-order valence-corrected chi connectivity index (χ1v) is 10.7. The fourth-order valence-corrected chi connectivity index (χ4v) is 3.41. The van der Waals surface area contributed by atoms with E-state index in [9.17, 15) is 9.59 Å². The molecule has 178 valence electrons. The Bertz CT molecular complexity index is 1270. The number of benzene rings is 3. The van der Waals surface area contributed by atoms with Crippen LogP contribution in [-0.4, -0.2) is 45.6 Å². The van der Waals surface area contributed by atoms with Crippen LogP contribution in [0.1, 0.15) is 21.5 Å². The molecular formula is C27H23NO7. The van der Waals surface area contributed by atoms with Crippen LogP contribution in [-0.2, 0) is 9.53 Å². The van der Waals surface area contributed by atoms with E-state index in [2.05, 4.69) is 4.99 Å². The summed E-state index contributed by atoms with van der Waals surface area (Å²) in [7, 11) is 4.51. The zero-order valence-corrected chi connectivity index (χ0v) is 19.4. The normalized spacial score (nSPS) is 13.7. The molecule has 8 heteroatoms. The molecule has 4 rings (SSSR count). The van der Waals surface area contributed by atoms with E-state index < -0.39 is 5.97 Å². The highest BCUT2D eigenvalue weighted by molar-refractivity contribution is 6.13. The number of hydrogen-bond donors (Lipinski definition) is 0. The monoisotopic (exact) mass is 473 g/mol. The van der Waals surface area contributed by atoms with Crippen LogP contribution in [0.25, 0.3) is 6.08 Å². The van der Waals surface area contributed by atoms with E-state index in [4.69, 9.17) is 23.7 Å². The van der Waals surface area contributed by atoms with Crippen LogP contribution < -0.4 is 18.9 Å². The molecule has 8 nitrogen and oxygen atoms in total. The van der Waals surface area contributed by atoms with E-state index in [1.807, 2.05) is 6.07 Å². The number of rotatable bonds is 9. The lowest BCUT2D eigenvalue weighted by Crippen LogP contribution is -2.11. The van der Waals surface area contributed by atoms with Gasteiger partial charge in [0.05, 0.1) is 21.3 Å². The van der Waals surface area contributed by atoms with E-state index in [1.54, 1.807) is 66.7 Å². The number of ether oxygens (including phenoxy) is 5. The molecule has 0 amide bonds. The fourth-order valence-electron chi connectivity index (χ4n) is 3.41. The molecule has 1 aliphatic rings. The van der Waals surface area contributed by atoms with Crippen molar-refractivity contribution < 1.29 is 33.3 Å². The van der Waals surface area contributed by atoms with Gasteiger partial charge in [-0.25, -0.2) is 9.79 Å². The second-order valence-electron chi connectivity index (χ2n) is 7.40. The molecule has 35 heavy (non-hydrogen) atoms. The SMILES string of the molecule is COc1cc(C2=N/C(=C/c3ccc(OCC(=O)c4ccccc4)cc3)C(=O)O2)cc(OC)c1OC. The van der Waals surface area contributed by atoms with Gasteiger partial charge in [0.1, 0.15) is 5.75 Å². The van der Waals surface area contributed by atoms with Crippen molar-refractivity contribution in [3.63, 3.8) is 0 Å². The number of carbonyl (C=O) groups excluding carboxylic acids is 2. The predicted molar refractivity (Wildman–Crippen MR) is 129 cm³/mol. The van der Waals surface area contributed by atoms with Crippen LogP contribution in [0.5, 0.6) is 23.0 Å². The Morgan fingerprint density at radius 3 is 2.17 bits per heavy atom. The Morgan fingerprint density at radius 1 is 0.914 bits per heavy atom. The molecule has 0 radical (unpaired) electrons. The molecule has 0 saturated carbocycles. The minimum atomic E-state index is -0.581. The Hall–Kier alpha value is -4.59. The molecular weight excluding hydrogens is 450 g/mol. The highest BCUT2D eigenvalue weighted by Crippen LogP contribution is 2.39. The van der Waals surface area contributed by atoms with Crippen LogP contribution in [0, 0.1) is 0 Å². The number of aliphatic imine (C=N–C) groups is 1. The summed E-state index contributed by atoms with van der Waals surface area (Å²) in [5.74, 6) is 1.22. The topological polar surface area (TPSA) is 92.7 Å². The van der Waals surface area contributed by atoms with Gasteiger partial charge in [-0.2, -0.15) is 0 Å². The van der Waals surface area contributed by atoms with Crippen LogP contribution in [0.4, 0.5) is 0 Å². The molecule has 3 aromatic rings. The smallest absolute Gasteiger partial charge is 0.363 e. The summed E-state index contributed by atoms with van der Waals surface area (Å²) in [4.78, 5) is 28.9. The summed E-state index contributed by atoms with van der Waals surface area (Å²) >= 11 is 0. The number of ketones is 1. The first-order chi connectivity index (χ1) is 17.0. The summed E-state index contributed by atoms with van der Waals surface area (Å²) in [6.45, 7) is -0.0702. The Morgan fingerprint density at radius 2 is 1.57 bits per heavy atom. The van der Waals surface area contributed by atoms with Gasteiger partial charge in [-0.1, -0.05) is 42.5 Å². The van der Waals surface area contributed by atoms with E-state index in [1.165, 1.54) is 21.3 Å². The van der Waals surface area contributed by atoms with Gasteiger partial charge in [0, 0.05) is 11.1 Å². The molecule has 0 fully saturated rings. The molecule has 0 spiro atoms. The van der Waals surface area contributed by atoms with E-state index in [0.717, 1.165) is 0 Å². The highest BCUT2D eigenvalue weighted by atomic mass is 16.6. The summed E-state index contributed by atoms with van der Waals surface area (Å²) in [6.07, 6.45) is 1.60. The lowest BCUT2D eigenvalue weighted by molar-refractivity contribution is -0.129. The zero-order valence-electron chi connectivity index (χ0n) is 19.4. The predicted octanol–water partition coefficient (Wildman–Crippen LogP) is 4.32. The van der Waals surface area contributed by atoms with Gasteiger partial charge in [-0.05, 0) is 35.9 Å². The number of esters is 1. The lowest BCUT2D eigenvalue weighted by atomic mass is 10.1. The molecule has 0 aromatic heterocycles. The van der Waals surface area contributed by atoms with E-state index >= 15 is 0 Å². The summed E-state index contributed by atoms with van der Waals surface area (Å²) in [6, 6.07) is 19.2. The fraction of sp³-hybridized carbons (Fsp3) is 0.148. The van der Waals surface area contributed by atoms with Crippen molar-refractivity contribution in [2.75, 3.05) is 27.9 Å². The summed E-state index contributed by atoms with van der Waals surface area (Å²) < 4.78 is 27.0. The summed E-state index contributed by atoms with van der Waals surface area (Å²) in [5, 5.41) is 0. The van der Waals surface area contributed by atoms with Gasteiger partial charge in [-0.3, -0.25) is 4.79 Å². The molecule has 0 aliphatic carbocycles. The van der Waals surface area contributed by atoms with Crippen molar-refractivity contribution in [3.05, 3.63) is 89.1 Å². The number of methoxy groups -OCH3 is 3. The number of hydrogen-bond acceptors (Lipinski definition) is 8. The average molecular weight is 473 g/mol. The molecule has 1 heterocycles. The molecule has 0 atom stereocenters. The van der Waals surface area contributed by atoms with Crippen LogP contribution in [0.3, 0.4) is 0 Å². The van der Waals surface area contributed by atoms with Crippen molar-refractivity contribution in [2.24, 2.45) is 4.99 Å². The van der Waals surface area contributed by atoms with Crippen molar-refractivity contribution in [1.29, 1.82) is 0 Å². The average Bonchev–Trinajstić information content (AvgIpc) is 3.27. The largest absolute Gasteiger partial charge is 0.493 e. The van der Waals surface area contributed by atoms with Crippen molar-refractivity contribution >= 4 is 23.7 Å². The minimum Gasteiger partial charge on any atom is -0.493 e. The maximum Gasteiger partial charge on any atom is 0.363 e. The quantitative estimate of drug-likeness (QED) is 0.260. The number of cyclic esters (lactones) is 1. The minimum absolute atomic E-state index is 0.0702. The van der Waals surface area contributed by atoms with Crippen molar-refractivity contribution in [2.45, 2.75) is 0 Å². The van der Waals surface area contributed by atoms with E-state index in [-0.39, 0.29) is 24.0 Å². The highest BCUT2D eigenvalue weighted by Gasteiger charge is 2.26. The van der Waals surface area contributed by atoms with Gasteiger partial charge in [-0.15, -0.1) is 0 Å². The van der Waals surface area contributed by atoms with Gasteiger partial charge in [0.2, 0.25) is 11.6 Å². The van der Waals surface area contributed by atoms with Crippen molar-refractivity contribution in [1.82, 2.24) is 0 Å². The molecule has 0 unspecified atom stereocenters. The third-order valence-electron chi connectivity index (χ3n) is 5.18. The first kappa shape index (κ1) is 23.6. The van der Waals surface area contributed by atoms with Gasteiger partial charge < -0.3 is 23.7 Å². The standard InChI is InChI=1S/C27H23NO7/c1-31-23-14-19(15-24(32-2)25(23)33-3)26-28-21(27(30)35-26)13-17-9-11-20(12-10-17)34-16-22(29)18-7-5-4-6-8-18/h4-15H,16H2,1-3H3/b21-13+. The maximum absolute atomic E-state index is 12.4. The molecule has 0 saturated heterocycles. The molecule has 0 N–H and O–H groups in total. The first-order valence-electron chi connectivity index (χ1n) is 10.7.